The summed E-state index contributed by atoms with van der Waals surface area (Å²) in [6, 6.07) is 5.83. The Bertz CT molecular complexity index is 546. The standard InChI is InChI=1S/C12H12N2OS/c1-7-3-4-9(10(13)5-7)12-14-6-11(16-12)8(2)15/h3-6H,13H2,1-2H3. The molecule has 4 heteroatoms. The van der Waals surface area contributed by atoms with E-state index in [9.17, 15) is 4.79 Å². The van der Waals surface area contributed by atoms with Crippen molar-refractivity contribution in [3.63, 3.8) is 0 Å². The molecule has 1 aromatic heterocycles. The van der Waals surface area contributed by atoms with E-state index >= 15 is 0 Å². The fraction of sp³-hybridized carbons (Fsp3) is 0.167. The molecule has 2 aromatic rings. The molecule has 0 atom stereocenters. The first-order valence-corrected chi connectivity index (χ1v) is 5.73. The number of nitrogen functional groups attached to an aromatic ring is 1. The van der Waals surface area contributed by atoms with Gasteiger partial charge in [-0.1, -0.05) is 6.07 Å². The average Bonchev–Trinajstić information content (AvgIpc) is 2.66. The van der Waals surface area contributed by atoms with Gasteiger partial charge in [0, 0.05) is 24.4 Å². The highest BCUT2D eigenvalue weighted by Gasteiger charge is 2.10. The van der Waals surface area contributed by atoms with Crippen LogP contribution in [0.2, 0.25) is 0 Å². The minimum atomic E-state index is 0.0365. The van der Waals surface area contributed by atoms with Crippen LogP contribution in [-0.4, -0.2) is 10.8 Å². The Balaban J connectivity index is 2.46. The lowest BCUT2D eigenvalue weighted by molar-refractivity contribution is 0.102. The minimum Gasteiger partial charge on any atom is -0.398 e. The van der Waals surface area contributed by atoms with Crippen molar-refractivity contribution < 1.29 is 4.79 Å². The van der Waals surface area contributed by atoms with Crippen molar-refractivity contribution >= 4 is 22.8 Å². The molecule has 0 fully saturated rings. The number of nitrogens with zero attached hydrogens (tertiary/aromatic N) is 1. The van der Waals surface area contributed by atoms with Crippen molar-refractivity contribution in [3.8, 4) is 10.6 Å². The highest BCUT2D eigenvalue weighted by molar-refractivity contribution is 7.17. The lowest BCUT2D eigenvalue weighted by Crippen LogP contribution is -1.90. The van der Waals surface area contributed by atoms with Gasteiger partial charge in [0.25, 0.3) is 0 Å². The zero-order chi connectivity index (χ0) is 11.7. The molecular formula is C12H12N2OS. The molecule has 0 amide bonds. The van der Waals surface area contributed by atoms with E-state index in [0.717, 1.165) is 16.1 Å². The topological polar surface area (TPSA) is 56.0 Å². The predicted molar refractivity (Wildman–Crippen MR) is 66.7 cm³/mol. The van der Waals surface area contributed by atoms with Crippen LogP contribution in [0.4, 0.5) is 5.69 Å². The van der Waals surface area contributed by atoms with Gasteiger partial charge in [0.2, 0.25) is 0 Å². The Morgan fingerprint density at radius 2 is 2.19 bits per heavy atom. The van der Waals surface area contributed by atoms with Gasteiger partial charge in [0.05, 0.1) is 4.88 Å². The summed E-state index contributed by atoms with van der Waals surface area (Å²) in [6.45, 7) is 3.53. The Morgan fingerprint density at radius 1 is 1.44 bits per heavy atom. The van der Waals surface area contributed by atoms with Crippen molar-refractivity contribution in [3.05, 3.63) is 34.8 Å². The number of aryl methyl sites for hydroxylation is 1. The number of carbonyl (C=O) groups is 1. The van der Waals surface area contributed by atoms with E-state index in [4.69, 9.17) is 5.73 Å². The number of benzene rings is 1. The molecule has 0 radical (unpaired) electrons. The summed E-state index contributed by atoms with van der Waals surface area (Å²) in [6.07, 6.45) is 1.60. The van der Waals surface area contributed by atoms with Crippen LogP contribution in [0.25, 0.3) is 10.6 Å². The van der Waals surface area contributed by atoms with E-state index in [2.05, 4.69) is 4.98 Å². The van der Waals surface area contributed by atoms with Crippen LogP contribution in [0.5, 0.6) is 0 Å². The maximum absolute atomic E-state index is 11.2. The second kappa shape index (κ2) is 4.06. The smallest absolute Gasteiger partial charge is 0.171 e. The van der Waals surface area contributed by atoms with Crippen molar-refractivity contribution in [2.45, 2.75) is 13.8 Å². The Labute approximate surface area is 97.9 Å². The van der Waals surface area contributed by atoms with Gasteiger partial charge in [0.15, 0.2) is 5.78 Å². The maximum Gasteiger partial charge on any atom is 0.171 e. The normalized spacial score (nSPS) is 10.4. The molecule has 0 bridgehead atoms. The first kappa shape index (κ1) is 10.8. The number of hydrogen-bond acceptors (Lipinski definition) is 4. The van der Waals surface area contributed by atoms with Gasteiger partial charge in [-0.25, -0.2) is 4.98 Å². The summed E-state index contributed by atoms with van der Waals surface area (Å²) in [5.41, 5.74) is 8.63. The number of thiazole rings is 1. The first-order valence-electron chi connectivity index (χ1n) is 4.91. The highest BCUT2D eigenvalue weighted by Crippen LogP contribution is 2.30. The molecule has 0 saturated carbocycles. The van der Waals surface area contributed by atoms with Crippen molar-refractivity contribution in [2.75, 3.05) is 5.73 Å². The molecule has 0 spiro atoms. The fourth-order valence-corrected chi connectivity index (χ4v) is 2.30. The number of rotatable bonds is 2. The lowest BCUT2D eigenvalue weighted by Gasteiger charge is -2.02. The summed E-state index contributed by atoms with van der Waals surface area (Å²) < 4.78 is 0. The third kappa shape index (κ3) is 1.97. The molecular weight excluding hydrogens is 220 g/mol. The van der Waals surface area contributed by atoms with Gasteiger partial charge in [-0.3, -0.25) is 4.79 Å². The lowest BCUT2D eigenvalue weighted by atomic mass is 10.1. The third-order valence-corrected chi connectivity index (χ3v) is 3.42. The van der Waals surface area contributed by atoms with Crippen LogP contribution in [0.3, 0.4) is 0 Å². The summed E-state index contributed by atoms with van der Waals surface area (Å²) in [4.78, 5) is 16.0. The number of anilines is 1. The van der Waals surface area contributed by atoms with Gasteiger partial charge in [-0.15, -0.1) is 11.3 Å². The van der Waals surface area contributed by atoms with E-state index < -0.39 is 0 Å². The molecule has 16 heavy (non-hydrogen) atoms. The molecule has 0 saturated heterocycles. The van der Waals surface area contributed by atoms with Gasteiger partial charge in [0.1, 0.15) is 5.01 Å². The number of carbonyl (C=O) groups excluding carboxylic acids is 1. The quantitative estimate of drug-likeness (QED) is 0.639. The van der Waals surface area contributed by atoms with Crippen molar-refractivity contribution in [1.29, 1.82) is 0 Å². The molecule has 1 aromatic carbocycles. The predicted octanol–water partition coefficient (Wildman–Crippen LogP) is 2.90. The van der Waals surface area contributed by atoms with Crippen LogP contribution in [0.1, 0.15) is 22.2 Å². The van der Waals surface area contributed by atoms with Crippen molar-refractivity contribution in [2.24, 2.45) is 0 Å². The Kier molecular flexibility index (Phi) is 2.75. The number of nitrogens with two attached hydrogens (primary N) is 1. The second-order valence-electron chi connectivity index (χ2n) is 3.68. The van der Waals surface area contributed by atoms with Crippen LogP contribution in [-0.2, 0) is 0 Å². The molecule has 2 rings (SSSR count). The zero-order valence-corrected chi connectivity index (χ0v) is 9.97. The molecule has 0 unspecified atom stereocenters. The van der Waals surface area contributed by atoms with Crippen LogP contribution in [0.15, 0.2) is 24.4 Å². The van der Waals surface area contributed by atoms with Gasteiger partial charge in [-0.2, -0.15) is 0 Å². The van der Waals surface area contributed by atoms with Gasteiger partial charge < -0.3 is 5.73 Å². The van der Waals surface area contributed by atoms with E-state index in [-0.39, 0.29) is 5.78 Å². The number of aromatic nitrogens is 1. The molecule has 82 valence electrons. The third-order valence-electron chi connectivity index (χ3n) is 2.29. The molecule has 0 aliphatic carbocycles. The molecule has 1 heterocycles. The fourth-order valence-electron chi connectivity index (χ4n) is 1.44. The van der Waals surface area contributed by atoms with Crippen molar-refractivity contribution in [1.82, 2.24) is 4.98 Å². The number of hydrogen-bond donors (Lipinski definition) is 1. The van der Waals surface area contributed by atoms with Gasteiger partial charge >= 0.3 is 0 Å². The minimum absolute atomic E-state index is 0.0365. The van der Waals surface area contributed by atoms with E-state index in [0.29, 0.717) is 10.6 Å². The van der Waals surface area contributed by atoms with Gasteiger partial charge in [-0.05, 0) is 24.6 Å². The molecule has 0 aliphatic rings. The SMILES string of the molecule is CC(=O)c1cnc(-c2ccc(C)cc2N)s1. The summed E-state index contributed by atoms with van der Waals surface area (Å²) in [5.74, 6) is 0.0365. The zero-order valence-electron chi connectivity index (χ0n) is 9.15. The van der Waals surface area contributed by atoms with E-state index in [1.54, 1.807) is 6.20 Å². The summed E-state index contributed by atoms with van der Waals surface area (Å²) in [7, 11) is 0. The average molecular weight is 232 g/mol. The van der Waals surface area contributed by atoms with Crippen LogP contribution >= 0.6 is 11.3 Å². The van der Waals surface area contributed by atoms with E-state index in [1.165, 1.54) is 18.3 Å². The number of Topliss-reactive ketones (excluding diaryl/α,β-unsaturated/α-hetero) is 1. The highest BCUT2D eigenvalue weighted by atomic mass is 32.1. The Morgan fingerprint density at radius 3 is 2.75 bits per heavy atom. The molecule has 3 nitrogen and oxygen atoms in total. The number of ketones is 1. The summed E-state index contributed by atoms with van der Waals surface area (Å²) in [5, 5.41) is 0.794. The molecule has 2 N–H and O–H groups in total. The monoisotopic (exact) mass is 232 g/mol. The maximum atomic E-state index is 11.2. The first-order chi connectivity index (χ1) is 7.58. The Hall–Kier alpha value is -1.68. The second-order valence-corrected chi connectivity index (χ2v) is 4.71. The van der Waals surface area contributed by atoms with E-state index in [1.807, 2.05) is 25.1 Å². The largest absolute Gasteiger partial charge is 0.398 e. The van der Waals surface area contributed by atoms with Crippen LogP contribution in [0, 0.1) is 6.92 Å². The van der Waals surface area contributed by atoms with Crippen LogP contribution < -0.4 is 5.73 Å². The molecule has 0 aliphatic heterocycles. The summed E-state index contributed by atoms with van der Waals surface area (Å²) >= 11 is 1.37.